The van der Waals surface area contributed by atoms with Gasteiger partial charge in [-0.3, -0.25) is 20.4 Å². The molecule has 2 amide bonds. The monoisotopic (exact) mass is 325 g/mol. The molecule has 1 aromatic heterocycles. The number of amides is 2. The number of carbonyl (C=O) groups is 2. The van der Waals surface area contributed by atoms with E-state index in [-0.39, 0.29) is 12.0 Å². The number of aromatic nitrogens is 1. The number of hydrogen-bond acceptors (Lipinski definition) is 2. The Bertz CT molecular complexity index is 918. The minimum Gasteiger partial charge on any atom is -0.350 e. The second-order valence-electron chi connectivity index (χ2n) is 5.44. The lowest BCUT2D eigenvalue weighted by atomic mass is 10.1. The topological polar surface area (TPSA) is 63.1 Å². The van der Waals surface area contributed by atoms with Crippen molar-refractivity contribution in [1.29, 1.82) is 0 Å². The molecule has 0 atom stereocenters. The number of aryl methyl sites for hydroxylation is 1. The average Bonchev–Trinajstić information content (AvgIpc) is 2.92. The van der Waals surface area contributed by atoms with Crippen molar-refractivity contribution >= 4 is 22.7 Å². The zero-order valence-corrected chi connectivity index (χ0v) is 13.0. The maximum atomic E-state index is 13.5. The normalized spacial score (nSPS) is 10.6. The summed E-state index contributed by atoms with van der Waals surface area (Å²) in [6.07, 6.45) is 1.55. The van der Waals surface area contributed by atoms with Crippen LogP contribution in [0.2, 0.25) is 0 Å². The largest absolute Gasteiger partial charge is 0.350 e. The summed E-state index contributed by atoms with van der Waals surface area (Å²) in [5.41, 5.74) is 6.33. The number of nitrogens with one attached hydrogen (secondary N) is 2. The number of rotatable bonds is 3. The first-order valence-electron chi connectivity index (χ1n) is 7.43. The van der Waals surface area contributed by atoms with Gasteiger partial charge in [-0.25, -0.2) is 4.39 Å². The summed E-state index contributed by atoms with van der Waals surface area (Å²) >= 11 is 0. The van der Waals surface area contributed by atoms with E-state index in [0.29, 0.717) is 5.56 Å². The van der Waals surface area contributed by atoms with E-state index in [1.165, 1.54) is 12.1 Å². The fourth-order valence-corrected chi connectivity index (χ4v) is 2.58. The van der Waals surface area contributed by atoms with Gasteiger partial charge in [0.2, 0.25) is 5.91 Å². The predicted molar refractivity (Wildman–Crippen MR) is 88.6 cm³/mol. The van der Waals surface area contributed by atoms with Gasteiger partial charge in [-0.05, 0) is 17.7 Å². The van der Waals surface area contributed by atoms with Gasteiger partial charge < -0.3 is 4.57 Å². The molecule has 0 aliphatic heterocycles. The molecule has 0 saturated heterocycles. The molecule has 0 bridgehead atoms. The highest BCUT2D eigenvalue weighted by Gasteiger charge is 2.14. The molecule has 1 heterocycles. The van der Waals surface area contributed by atoms with Gasteiger partial charge in [0, 0.05) is 24.1 Å². The fraction of sp³-hybridized carbons (Fsp3) is 0.111. The van der Waals surface area contributed by atoms with Crippen LogP contribution in [0.15, 0.2) is 54.7 Å². The van der Waals surface area contributed by atoms with E-state index in [2.05, 4.69) is 10.9 Å². The third kappa shape index (κ3) is 3.12. The minimum atomic E-state index is -0.492. The summed E-state index contributed by atoms with van der Waals surface area (Å²) in [6.45, 7) is 0. The molecule has 0 spiro atoms. The fourth-order valence-electron chi connectivity index (χ4n) is 2.58. The number of benzene rings is 2. The highest BCUT2D eigenvalue weighted by atomic mass is 19.1. The maximum absolute atomic E-state index is 13.5. The van der Waals surface area contributed by atoms with E-state index in [1.54, 1.807) is 18.3 Å². The Balaban J connectivity index is 1.67. The lowest BCUT2D eigenvalue weighted by Crippen LogP contribution is -2.42. The molecule has 0 aliphatic rings. The minimum absolute atomic E-state index is 0.150. The van der Waals surface area contributed by atoms with Crippen LogP contribution in [0.3, 0.4) is 0 Å². The summed E-state index contributed by atoms with van der Waals surface area (Å²) in [4.78, 5) is 24.2. The molecule has 0 saturated carbocycles. The summed E-state index contributed by atoms with van der Waals surface area (Å²) in [6, 6.07) is 13.5. The number of nitrogens with zero attached hydrogens (tertiary/aromatic N) is 1. The van der Waals surface area contributed by atoms with Crippen molar-refractivity contribution in [2.45, 2.75) is 6.42 Å². The standard InChI is InChI=1S/C18H16FN3O2/c1-22-11-14(13-7-3-5-9-16(13)22)18(24)21-20-17(23)10-12-6-2-4-8-15(12)19/h2-9,11H,10H2,1H3,(H,20,23)(H,21,24). The second kappa shape index (κ2) is 6.54. The average molecular weight is 325 g/mol. The lowest BCUT2D eigenvalue weighted by Gasteiger charge is -2.07. The van der Waals surface area contributed by atoms with E-state index < -0.39 is 17.6 Å². The molecule has 0 aliphatic carbocycles. The van der Waals surface area contributed by atoms with E-state index in [4.69, 9.17) is 0 Å². The van der Waals surface area contributed by atoms with E-state index in [9.17, 15) is 14.0 Å². The van der Waals surface area contributed by atoms with Gasteiger partial charge in [-0.2, -0.15) is 0 Å². The van der Waals surface area contributed by atoms with Crippen LogP contribution in [0.25, 0.3) is 10.9 Å². The van der Waals surface area contributed by atoms with Crippen molar-refractivity contribution < 1.29 is 14.0 Å². The van der Waals surface area contributed by atoms with Gasteiger partial charge in [0.1, 0.15) is 5.82 Å². The quantitative estimate of drug-likeness (QED) is 0.726. The SMILES string of the molecule is Cn1cc(C(=O)NNC(=O)Cc2ccccc2F)c2ccccc21. The molecule has 2 N–H and O–H groups in total. The van der Waals surface area contributed by atoms with Gasteiger partial charge in [0.15, 0.2) is 0 Å². The molecule has 3 rings (SSSR count). The Morgan fingerprint density at radius 1 is 1.04 bits per heavy atom. The van der Waals surface area contributed by atoms with Crippen molar-refractivity contribution in [2.75, 3.05) is 0 Å². The molecule has 5 nitrogen and oxygen atoms in total. The van der Waals surface area contributed by atoms with Gasteiger partial charge >= 0.3 is 0 Å². The van der Waals surface area contributed by atoms with Crippen molar-refractivity contribution in [3.05, 3.63) is 71.7 Å². The number of hydrazine groups is 1. The lowest BCUT2D eigenvalue weighted by molar-refractivity contribution is -0.121. The van der Waals surface area contributed by atoms with Gasteiger partial charge in [0.25, 0.3) is 5.91 Å². The number of para-hydroxylation sites is 1. The molecule has 122 valence electrons. The summed E-state index contributed by atoms with van der Waals surface area (Å²) in [7, 11) is 1.84. The third-order valence-electron chi connectivity index (χ3n) is 3.77. The van der Waals surface area contributed by atoms with E-state index in [0.717, 1.165) is 10.9 Å². The summed E-state index contributed by atoms with van der Waals surface area (Å²) in [5.74, 6) is -1.37. The smallest absolute Gasteiger partial charge is 0.271 e. The summed E-state index contributed by atoms with van der Waals surface area (Å²) < 4.78 is 15.4. The van der Waals surface area contributed by atoms with Crippen molar-refractivity contribution in [2.24, 2.45) is 7.05 Å². The summed E-state index contributed by atoms with van der Waals surface area (Å²) in [5, 5.41) is 0.792. The molecule has 0 fully saturated rings. The molecular formula is C18H16FN3O2. The first-order valence-corrected chi connectivity index (χ1v) is 7.43. The molecule has 24 heavy (non-hydrogen) atoms. The Morgan fingerprint density at radius 2 is 1.75 bits per heavy atom. The highest BCUT2D eigenvalue weighted by molar-refractivity contribution is 6.07. The number of hydrogen-bond donors (Lipinski definition) is 2. The van der Waals surface area contributed by atoms with Gasteiger partial charge in [0.05, 0.1) is 12.0 Å². The zero-order valence-electron chi connectivity index (χ0n) is 13.0. The zero-order chi connectivity index (χ0) is 17.1. The highest BCUT2D eigenvalue weighted by Crippen LogP contribution is 2.19. The number of fused-ring (bicyclic) bond motifs is 1. The van der Waals surface area contributed by atoms with Crippen LogP contribution in [0.5, 0.6) is 0 Å². The van der Waals surface area contributed by atoms with Crippen molar-refractivity contribution in [3.8, 4) is 0 Å². The number of carbonyl (C=O) groups excluding carboxylic acids is 2. The molecule has 2 aromatic carbocycles. The van der Waals surface area contributed by atoms with E-state index >= 15 is 0 Å². The second-order valence-corrected chi connectivity index (χ2v) is 5.44. The van der Waals surface area contributed by atoms with Crippen LogP contribution in [-0.2, 0) is 18.3 Å². The molecule has 0 radical (unpaired) electrons. The molecular weight excluding hydrogens is 309 g/mol. The van der Waals surface area contributed by atoms with Crippen molar-refractivity contribution in [1.82, 2.24) is 15.4 Å². The van der Waals surface area contributed by atoms with E-state index in [1.807, 2.05) is 35.9 Å². The molecule has 0 unspecified atom stereocenters. The Labute approximate surface area is 138 Å². The molecule has 3 aromatic rings. The van der Waals surface area contributed by atoms with Crippen LogP contribution < -0.4 is 10.9 Å². The van der Waals surface area contributed by atoms with Crippen LogP contribution in [0.4, 0.5) is 4.39 Å². The number of halogens is 1. The molecule has 6 heteroatoms. The van der Waals surface area contributed by atoms with Gasteiger partial charge in [-0.15, -0.1) is 0 Å². The van der Waals surface area contributed by atoms with Crippen LogP contribution >= 0.6 is 0 Å². The first kappa shape index (κ1) is 15.7. The Hall–Kier alpha value is -3.15. The Morgan fingerprint density at radius 3 is 2.54 bits per heavy atom. The maximum Gasteiger partial charge on any atom is 0.271 e. The van der Waals surface area contributed by atoms with Crippen molar-refractivity contribution in [3.63, 3.8) is 0 Å². The predicted octanol–water partition coefficient (Wildman–Crippen LogP) is 2.32. The van der Waals surface area contributed by atoms with Crippen LogP contribution in [0.1, 0.15) is 15.9 Å². The first-order chi connectivity index (χ1) is 11.6. The van der Waals surface area contributed by atoms with Crippen LogP contribution in [0, 0.1) is 5.82 Å². The van der Waals surface area contributed by atoms with Crippen LogP contribution in [-0.4, -0.2) is 16.4 Å². The third-order valence-corrected chi connectivity index (χ3v) is 3.77. The Kier molecular flexibility index (Phi) is 4.29. The van der Waals surface area contributed by atoms with Gasteiger partial charge in [-0.1, -0.05) is 36.4 Å².